The number of nitrogens with zero attached hydrogens (tertiary/aromatic N) is 2. The molecule has 10 heavy (non-hydrogen) atoms. The average molecular weight is 154 g/mol. The van der Waals surface area contributed by atoms with Crippen molar-refractivity contribution in [3.8, 4) is 0 Å². The molecule has 2 unspecified atom stereocenters. The Morgan fingerprint density at radius 2 is 2.40 bits per heavy atom. The van der Waals surface area contributed by atoms with E-state index in [1.807, 2.05) is 0 Å². The first-order valence-corrected chi connectivity index (χ1v) is 4.36. The smallest absolute Gasteiger partial charge is 0.168 e. The topological polar surface area (TPSA) is 15.6 Å². The summed E-state index contributed by atoms with van der Waals surface area (Å²) >= 11 is 1.72. The largest absolute Gasteiger partial charge is 0.322 e. The van der Waals surface area contributed by atoms with Gasteiger partial charge in [-0.1, -0.05) is 11.8 Å². The molecule has 2 aliphatic rings. The molecule has 2 nitrogen and oxygen atoms in total. The minimum atomic E-state index is 0.465. The molecule has 2 rings (SSSR count). The monoisotopic (exact) mass is 154 g/mol. The molecule has 0 aromatic heterocycles. The van der Waals surface area contributed by atoms with E-state index in [-0.39, 0.29) is 0 Å². The van der Waals surface area contributed by atoms with E-state index in [9.17, 15) is 0 Å². The zero-order valence-corrected chi connectivity index (χ0v) is 6.93. The van der Waals surface area contributed by atoms with Gasteiger partial charge < -0.3 is 4.90 Å². The molecule has 0 fully saturated rings. The third-order valence-electron chi connectivity index (χ3n) is 2.07. The van der Waals surface area contributed by atoms with Crippen LogP contribution in [0.4, 0.5) is 0 Å². The van der Waals surface area contributed by atoms with E-state index in [2.05, 4.69) is 35.3 Å². The summed E-state index contributed by atoms with van der Waals surface area (Å²) in [5.41, 5.74) is 0. The van der Waals surface area contributed by atoms with Gasteiger partial charge in [-0.25, -0.2) is 0 Å². The molecule has 0 saturated carbocycles. The molecule has 0 aromatic carbocycles. The normalized spacial score (nSPS) is 36.6. The summed E-state index contributed by atoms with van der Waals surface area (Å²) in [4.78, 5) is 6.71. The third kappa shape index (κ3) is 0.700. The van der Waals surface area contributed by atoms with Crippen molar-refractivity contribution < 1.29 is 0 Å². The maximum absolute atomic E-state index is 4.47. The summed E-state index contributed by atoms with van der Waals surface area (Å²) in [5, 5.41) is 3.25. The minimum Gasteiger partial charge on any atom is -0.322 e. The van der Waals surface area contributed by atoms with Crippen LogP contribution < -0.4 is 0 Å². The molecule has 0 aliphatic carbocycles. The predicted octanol–water partition coefficient (Wildman–Crippen LogP) is 1.65. The first kappa shape index (κ1) is 6.28. The zero-order chi connectivity index (χ0) is 7.14. The van der Waals surface area contributed by atoms with Gasteiger partial charge in [-0.05, 0) is 19.3 Å². The summed E-state index contributed by atoms with van der Waals surface area (Å²) in [5.74, 6) is 0. The van der Waals surface area contributed by atoms with Crippen LogP contribution in [0.2, 0.25) is 0 Å². The van der Waals surface area contributed by atoms with Gasteiger partial charge in [0, 0.05) is 6.20 Å². The quantitative estimate of drug-likeness (QED) is 0.527. The van der Waals surface area contributed by atoms with Crippen LogP contribution in [0.15, 0.2) is 16.6 Å². The van der Waals surface area contributed by atoms with Gasteiger partial charge in [0.1, 0.15) is 0 Å². The van der Waals surface area contributed by atoms with Gasteiger partial charge in [0.2, 0.25) is 0 Å². The SMILES string of the molecule is CC1N=C2SC=CN2C1C. The van der Waals surface area contributed by atoms with E-state index in [4.69, 9.17) is 0 Å². The molecule has 0 bridgehead atoms. The molecule has 2 heterocycles. The lowest BCUT2D eigenvalue weighted by Crippen LogP contribution is -2.28. The highest BCUT2D eigenvalue weighted by Crippen LogP contribution is 2.29. The predicted molar refractivity (Wildman–Crippen MR) is 44.9 cm³/mol. The van der Waals surface area contributed by atoms with Crippen LogP contribution in [0.1, 0.15) is 13.8 Å². The Morgan fingerprint density at radius 3 is 3.10 bits per heavy atom. The van der Waals surface area contributed by atoms with Crippen LogP contribution in [0.3, 0.4) is 0 Å². The van der Waals surface area contributed by atoms with E-state index >= 15 is 0 Å². The van der Waals surface area contributed by atoms with Crippen molar-refractivity contribution in [3.63, 3.8) is 0 Å². The van der Waals surface area contributed by atoms with Crippen molar-refractivity contribution in [3.05, 3.63) is 11.6 Å². The fourth-order valence-corrected chi connectivity index (χ4v) is 2.09. The molecular weight excluding hydrogens is 144 g/mol. The fraction of sp³-hybridized carbons (Fsp3) is 0.571. The van der Waals surface area contributed by atoms with Crippen molar-refractivity contribution in [2.45, 2.75) is 25.9 Å². The summed E-state index contributed by atoms with van der Waals surface area (Å²) in [7, 11) is 0. The first-order chi connectivity index (χ1) is 4.79. The highest BCUT2D eigenvalue weighted by Gasteiger charge is 2.30. The second-order valence-corrected chi connectivity index (χ2v) is 3.58. The Bertz CT molecular complexity index is 210. The van der Waals surface area contributed by atoms with Crippen molar-refractivity contribution in [2.75, 3.05) is 0 Å². The van der Waals surface area contributed by atoms with Crippen molar-refractivity contribution in [1.82, 2.24) is 4.90 Å². The molecule has 2 aliphatic heterocycles. The number of hydrogen-bond acceptors (Lipinski definition) is 3. The van der Waals surface area contributed by atoms with Gasteiger partial charge in [0.05, 0.1) is 12.1 Å². The molecule has 0 spiro atoms. The van der Waals surface area contributed by atoms with E-state index in [1.165, 1.54) is 5.17 Å². The van der Waals surface area contributed by atoms with E-state index < -0.39 is 0 Å². The molecule has 2 atom stereocenters. The van der Waals surface area contributed by atoms with Crippen LogP contribution >= 0.6 is 11.8 Å². The second kappa shape index (κ2) is 2.02. The number of hydrogen-bond donors (Lipinski definition) is 0. The molecular formula is C7H10N2S. The van der Waals surface area contributed by atoms with E-state index in [0.717, 1.165) is 0 Å². The molecule has 54 valence electrons. The molecule has 3 heteroatoms. The van der Waals surface area contributed by atoms with Gasteiger partial charge in [-0.15, -0.1) is 0 Å². The van der Waals surface area contributed by atoms with Gasteiger partial charge in [0.15, 0.2) is 5.17 Å². The third-order valence-corrected chi connectivity index (χ3v) is 2.85. The maximum Gasteiger partial charge on any atom is 0.168 e. The Morgan fingerprint density at radius 1 is 1.60 bits per heavy atom. The molecule has 0 saturated heterocycles. The lowest BCUT2D eigenvalue weighted by molar-refractivity contribution is 0.426. The summed E-state index contributed by atoms with van der Waals surface area (Å²) in [6.07, 6.45) is 2.11. The van der Waals surface area contributed by atoms with Crippen molar-refractivity contribution >= 4 is 16.9 Å². The Kier molecular flexibility index (Phi) is 1.27. The number of amidine groups is 1. The van der Waals surface area contributed by atoms with Gasteiger partial charge in [-0.2, -0.15) is 0 Å². The van der Waals surface area contributed by atoms with Crippen LogP contribution in [-0.2, 0) is 0 Å². The summed E-state index contributed by atoms with van der Waals surface area (Å²) in [6, 6.07) is 1.02. The standard InChI is InChI=1S/C7H10N2S/c1-5-6(2)9-3-4-10-7(9)8-5/h3-6H,1-2H3. The maximum atomic E-state index is 4.47. The number of fused-ring (bicyclic) bond motifs is 1. The van der Waals surface area contributed by atoms with Crippen molar-refractivity contribution in [1.29, 1.82) is 0 Å². The van der Waals surface area contributed by atoms with Crippen LogP contribution in [0.5, 0.6) is 0 Å². The minimum absolute atomic E-state index is 0.465. The van der Waals surface area contributed by atoms with E-state index in [1.54, 1.807) is 11.8 Å². The summed E-state index contributed by atoms with van der Waals surface area (Å²) < 4.78 is 0. The number of rotatable bonds is 0. The Hall–Kier alpha value is -0.440. The number of thioether (sulfide) groups is 1. The molecule has 0 aromatic rings. The average Bonchev–Trinajstić information content (AvgIpc) is 2.41. The van der Waals surface area contributed by atoms with Crippen LogP contribution in [-0.4, -0.2) is 22.2 Å². The van der Waals surface area contributed by atoms with Crippen molar-refractivity contribution in [2.24, 2.45) is 4.99 Å². The van der Waals surface area contributed by atoms with Gasteiger partial charge in [-0.3, -0.25) is 4.99 Å². The molecule has 0 radical (unpaired) electrons. The first-order valence-electron chi connectivity index (χ1n) is 3.48. The fourth-order valence-electron chi connectivity index (χ4n) is 1.20. The highest BCUT2D eigenvalue weighted by molar-refractivity contribution is 8.16. The Balaban J connectivity index is 2.27. The van der Waals surface area contributed by atoms with Gasteiger partial charge >= 0.3 is 0 Å². The molecule has 0 amide bonds. The van der Waals surface area contributed by atoms with E-state index in [0.29, 0.717) is 12.1 Å². The summed E-state index contributed by atoms with van der Waals surface area (Å²) in [6.45, 7) is 4.36. The van der Waals surface area contributed by atoms with Crippen LogP contribution in [0, 0.1) is 0 Å². The molecule has 0 N–H and O–H groups in total. The lowest BCUT2D eigenvalue weighted by atomic mass is 10.2. The number of aliphatic imine (C=N–C) groups is 1. The lowest BCUT2D eigenvalue weighted by Gasteiger charge is -2.17. The van der Waals surface area contributed by atoms with Gasteiger partial charge in [0.25, 0.3) is 0 Å². The Labute approximate surface area is 65.0 Å². The van der Waals surface area contributed by atoms with Crippen LogP contribution in [0.25, 0.3) is 0 Å². The zero-order valence-electron chi connectivity index (χ0n) is 6.11. The highest BCUT2D eigenvalue weighted by atomic mass is 32.2. The second-order valence-electron chi connectivity index (χ2n) is 2.70.